The molecule has 3 aliphatic rings. The number of benzene rings is 5. The average Bonchev–Trinajstić information content (AvgIpc) is 3.39. The van der Waals surface area contributed by atoms with Gasteiger partial charge in [0.15, 0.2) is 0 Å². The Bertz CT molecular complexity index is 2020. The van der Waals surface area contributed by atoms with Crippen molar-refractivity contribution in [3.63, 3.8) is 0 Å². The topological polar surface area (TPSA) is 4.93 Å². The van der Waals surface area contributed by atoms with Gasteiger partial charge >= 0.3 is 256 Å². The first-order valence-electron chi connectivity index (χ1n) is 15.5. The zero-order valence-electron chi connectivity index (χ0n) is 23.9. The minimum absolute atomic E-state index is 0.195. The number of fused-ring (bicyclic) bond motifs is 7. The van der Waals surface area contributed by atoms with Gasteiger partial charge in [-0.3, -0.25) is 0 Å². The van der Waals surface area contributed by atoms with E-state index >= 15 is 0 Å². The molecule has 3 heterocycles. The molecule has 3 heteroatoms. The van der Waals surface area contributed by atoms with E-state index < -0.39 is 0 Å². The summed E-state index contributed by atoms with van der Waals surface area (Å²) < 4.78 is 5.74. The van der Waals surface area contributed by atoms with Gasteiger partial charge in [-0.05, 0) is 0 Å². The van der Waals surface area contributed by atoms with E-state index in [9.17, 15) is 0 Å². The molecular formula is C39H32BNSe. The monoisotopic (exact) mass is 605 g/mol. The van der Waals surface area contributed by atoms with Crippen LogP contribution in [0.4, 0.5) is 0 Å². The molecular weight excluding hydrogens is 572 g/mol. The Balaban J connectivity index is 1.42. The second-order valence-corrected chi connectivity index (χ2v) is 14.4. The normalized spacial score (nSPS) is 18.3. The molecule has 0 saturated carbocycles. The number of rotatable bonds is 3. The van der Waals surface area contributed by atoms with E-state index in [0.29, 0.717) is 0 Å². The van der Waals surface area contributed by atoms with Gasteiger partial charge in [-0.1, -0.05) is 0 Å². The molecule has 9 rings (SSSR count). The summed E-state index contributed by atoms with van der Waals surface area (Å²) in [5.41, 5.74) is 14.6. The summed E-state index contributed by atoms with van der Waals surface area (Å²) in [5.74, 6) is 0. The third-order valence-electron chi connectivity index (χ3n) is 10.3. The van der Waals surface area contributed by atoms with Crippen LogP contribution in [0.1, 0.15) is 54.1 Å². The van der Waals surface area contributed by atoms with Gasteiger partial charge in [0.05, 0.1) is 0 Å². The zero-order chi connectivity index (χ0) is 27.8. The van der Waals surface area contributed by atoms with Crippen LogP contribution in [0, 0.1) is 0 Å². The maximum absolute atomic E-state index is 2.65. The molecule has 2 aliphatic heterocycles. The Morgan fingerprint density at radius 2 is 1.45 bits per heavy atom. The van der Waals surface area contributed by atoms with Crippen LogP contribution in [-0.2, 0) is 18.3 Å². The van der Waals surface area contributed by atoms with E-state index in [-0.39, 0.29) is 27.1 Å². The van der Waals surface area contributed by atoms with Crippen molar-refractivity contribution in [3.05, 3.63) is 143 Å². The van der Waals surface area contributed by atoms with Gasteiger partial charge in [0.1, 0.15) is 0 Å². The molecule has 0 amide bonds. The third-order valence-corrected chi connectivity index (χ3v) is 12.7. The summed E-state index contributed by atoms with van der Waals surface area (Å²) >= 11 is 0.249. The quantitative estimate of drug-likeness (QED) is 0.249. The van der Waals surface area contributed by atoms with E-state index in [2.05, 4.69) is 127 Å². The van der Waals surface area contributed by atoms with Crippen LogP contribution >= 0.6 is 0 Å². The predicted molar refractivity (Wildman–Crippen MR) is 179 cm³/mol. The molecule has 0 saturated heterocycles. The van der Waals surface area contributed by atoms with Crippen molar-refractivity contribution in [1.29, 1.82) is 0 Å². The fourth-order valence-electron chi connectivity index (χ4n) is 8.58. The predicted octanol–water partition coefficient (Wildman–Crippen LogP) is 5.05. The van der Waals surface area contributed by atoms with Crippen molar-refractivity contribution in [2.75, 3.05) is 0 Å². The molecule has 6 aromatic rings. The van der Waals surface area contributed by atoms with Gasteiger partial charge in [-0.2, -0.15) is 0 Å². The molecule has 1 nitrogen and oxygen atoms in total. The first-order valence-corrected chi connectivity index (χ1v) is 17.2. The van der Waals surface area contributed by atoms with E-state index in [0.717, 1.165) is 12.8 Å². The van der Waals surface area contributed by atoms with Crippen LogP contribution in [0.15, 0.2) is 115 Å². The van der Waals surface area contributed by atoms with Crippen LogP contribution in [0.25, 0.3) is 16.6 Å². The number of hydrogen-bond donors (Lipinski definition) is 0. The van der Waals surface area contributed by atoms with Gasteiger partial charge in [-0.15, -0.1) is 0 Å². The van der Waals surface area contributed by atoms with E-state index in [1.165, 1.54) is 73.6 Å². The summed E-state index contributed by atoms with van der Waals surface area (Å²) in [6, 6.07) is 44.3. The van der Waals surface area contributed by atoms with E-state index in [1.807, 2.05) is 0 Å². The zero-order valence-corrected chi connectivity index (χ0v) is 25.7. The van der Waals surface area contributed by atoms with Gasteiger partial charge in [0, 0.05) is 0 Å². The molecule has 0 radical (unpaired) electrons. The summed E-state index contributed by atoms with van der Waals surface area (Å²) in [6.07, 6.45) is 5.94. The SMILES string of the molecule is CCC1(c2ccccc2)c2ccccc2B2c3ccccc3[Se]c3cc(-n4c5c(c6ccccc64)CCCC5)cc1c32. The molecule has 0 fully saturated rings. The van der Waals surface area contributed by atoms with Crippen molar-refractivity contribution in [2.45, 2.75) is 44.4 Å². The fourth-order valence-corrected chi connectivity index (χ4v) is 11.1. The molecule has 1 unspecified atom stereocenters. The molecule has 1 aliphatic carbocycles. The average molecular weight is 604 g/mol. The maximum atomic E-state index is 2.65. The van der Waals surface area contributed by atoms with Crippen LogP contribution < -0.4 is 25.3 Å². The summed E-state index contributed by atoms with van der Waals surface area (Å²) in [4.78, 5) is 0. The van der Waals surface area contributed by atoms with Crippen molar-refractivity contribution < 1.29 is 0 Å². The van der Waals surface area contributed by atoms with Crippen LogP contribution in [0.5, 0.6) is 0 Å². The molecule has 202 valence electrons. The van der Waals surface area contributed by atoms with Gasteiger partial charge in [0.25, 0.3) is 0 Å². The van der Waals surface area contributed by atoms with Crippen LogP contribution in [0.2, 0.25) is 0 Å². The second kappa shape index (κ2) is 9.36. The number of aromatic nitrogens is 1. The van der Waals surface area contributed by atoms with Crippen molar-refractivity contribution >= 4 is 57.9 Å². The minimum atomic E-state index is -0.195. The first-order chi connectivity index (χ1) is 20.8. The molecule has 0 bridgehead atoms. The summed E-state index contributed by atoms with van der Waals surface area (Å²) in [6.45, 7) is 2.68. The Labute approximate surface area is 254 Å². The third kappa shape index (κ3) is 3.27. The molecule has 1 aromatic heterocycles. The van der Waals surface area contributed by atoms with Crippen molar-refractivity contribution in [1.82, 2.24) is 4.57 Å². The van der Waals surface area contributed by atoms with Crippen LogP contribution in [0.3, 0.4) is 0 Å². The van der Waals surface area contributed by atoms with Gasteiger partial charge in [-0.25, -0.2) is 0 Å². The number of nitrogens with zero attached hydrogens (tertiary/aromatic N) is 1. The van der Waals surface area contributed by atoms with E-state index in [4.69, 9.17) is 0 Å². The Morgan fingerprint density at radius 3 is 2.33 bits per heavy atom. The molecule has 0 spiro atoms. The number of aryl methyl sites for hydroxylation is 1. The number of para-hydroxylation sites is 1. The number of hydrogen-bond acceptors (Lipinski definition) is 0. The molecule has 5 aromatic carbocycles. The Morgan fingerprint density at radius 1 is 0.714 bits per heavy atom. The standard InChI is InChI=1S/C39H32BNSe/c1-2-39(26-14-4-3-5-15-26)30-18-8-9-19-32(30)40-33-20-10-13-23-36(33)42-37-25-27(24-31(39)38(37)40)41-34-21-11-6-16-28(34)29-17-7-12-22-35(29)41/h3-6,8-11,13-16,18-21,23-25H,2,7,12,17,22H2,1H3. The summed E-state index contributed by atoms with van der Waals surface area (Å²) in [5, 5.41) is 1.45. The second-order valence-electron chi connectivity index (χ2n) is 12.2. The molecule has 0 N–H and O–H groups in total. The fraction of sp³-hybridized carbons (Fsp3) is 0.179. The van der Waals surface area contributed by atoms with Crippen LogP contribution in [-0.4, -0.2) is 26.2 Å². The van der Waals surface area contributed by atoms with Crippen molar-refractivity contribution in [2.24, 2.45) is 0 Å². The molecule has 1 atom stereocenters. The Kier molecular flexibility index (Phi) is 5.53. The van der Waals surface area contributed by atoms with Crippen molar-refractivity contribution in [3.8, 4) is 5.69 Å². The molecule has 42 heavy (non-hydrogen) atoms. The Hall–Kier alpha value is -3.78. The van der Waals surface area contributed by atoms with E-state index in [1.54, 1.807) is 15.5 Å². The van der Waals surface area contributed by atoms with Gasteiger partial charge in [0.2, 0.25) is 0 Å². The first kappa shape index (κ1) is 24.8. The van der Waals surface area contributed by atoms with Gasteiger partial charge < -0.3 is 0 Å². The summed E-state index contributed by atoms with van der Waals surface area (Å²) in [7, 11) is 0.